The standard InChI is InChI=1S/C14H17N3/c1-10(2)8-13-6-7-16-14(17-13)11-4-3-5-12(15)9-11/h3-7,9-10H,8,15H2,1-2H3. The Morgan fingerprint density at radius 1 is 1.24 bits per heavy atom. The number of nitrogens with two attached hydrogens (primary N) is 1. The van der Waals surface area contributed by atoms with Crippen LogP contribution in [0.4, 0.5) is 5.69 Å². The Bertz CT molecular complexity index is 506. The Morgan fingerprint density at radius 3 is 2.76 bits per heavy atom. The molecule has 0 fully saturated rings. The average Bonchev–Trinajstić information content (AvgIpc) is 2.28. The van der Waals surface area contributed by atoms with Crippen LogP contribution in [-0.2, 0) is 6.42 Å². The largest absolute Gasteiger partial charge is 0.399 e. The Labute approximate surface area is 102 Å². The summed E-state index contributed by atoms with van der Waals surface area (Å²) in [6.07, 6.45) is 2.78. The summed E-state index contributed by atoms with van der Waals surface area (Å²) in [7, 11) is 0. The van der Waals surface area contributed by atoms with Crippen molar-refractivity contribution in [1.82, 2.24) is 9.97 Å². The summed E-state index contributed by atoms with van der Waals surface area (Å²) < 4.78 is 0. The van der Waals surface area contributed by atoms with Crippen molar-refractivity contribution in [2.75, 3.05) is 5.73 Å². The normalized spacial score (nSPS) is 10.8. The van der Waals surface area contributed by atoms with E-state index in [0.29, 0.717) is 5.92 Å². The minimum atomic E-state index is 0.596. The van der Waals surface area contributed by atoms with Gasteiger partial charge in [0, 0.05) is 23.1 Å². The zero-order valence-electron chi connectivity index (χ0n) is 10.2. The van der Waals surface area contributed by atoms with Gasteiger partial charge in [-0.15, -0.1) is 0 Å². The van der Waals surface area contributed by atoms with Crippen LogP contribution in [0.2, 0.25) is 0 Å². The van der Waals surface area contributed by atoms with Crippen LogP contribution in [0.1, 0.15) is 19.5 Å². The fraction of sp³-hybridized carbons (Fsp3) is 0.286. The fourth-order valence-corrected chi connectivity index (χ4v) is 1.74. The fourth-order valence-electron chi connectivity index (χ4n) is 1.74. The molecule has 88 valence electrons. The Kier molecular flexibility index (Phi) is 3.38. The van der Waals surface area contributed by atoms with Crippen LogP contribution in [0.15, 0.2) is 36.5 Å². The monoisotopic (exact) mass is 227 g/mol. The summed E-state index contributed by atoms with van der Waals surface area (Å²) in [6.45, 7) is 4.37. The summed E-state index contributed by atoms with van der Waals surface area (Å²) in [5.41, 5.74) is 8.54. The van der Waals surface area contributed by atoms with E-state index in [4.69, 9.17) is 5.73 Å². The van der Waals surface area contributed by atoms with E-state index in [1.807, 2.05) is 36.5 Å². The van der Waals surface area contributed by atoms with E-state index >= 15 is 0 Å². The van der Waals surface area contributed by atoms with Crippen molar-refractivity contribution in [2.24, 2.45) is 5.92 Å². The van der Waals surface area contributed by atoms with Crippen molar-refractivity contribution in [3.8, 4) is 11.4 Å². The smallest absolute Gasteiger partial charge is 0.159 e. The molecule has 3 nitrogen and oxygen atoms in total. The van der Waals surface area contributed by atoms with Gasteiger partial charge < -0.3 is 5.73 Å². The molecule has 0 atom stereocenters. The molecule has 0 spiro atoms. The zero-order chi connectivity index (χ0) is 12.3. The highest BCUT2D eigenvalue weighted by Crippen LogP contribution is 2.18. The Hall–Kier alpha value is -1.90. The van der Waals surface area contributed by atoms with Gasteiger partial charge in [0.15, 0.2) is 5.82 Å². The number of nitrogens with zero attached hydrogens (tertiary/aromatic N) is 2. The molecule has 0 aliphatic rings. The molecule has 0 saturated heterocycles. The van der Waals surface area contributed by atoms with Gasteiger partial charge >= 0.3 is 0 Å². The van der Waals surface area contributed by atoms with E-state index < -0.39 is 0 Å². The molecule has 1 aromatic carbocycles. The summed E-state index contributed by atoms with van der Waals surface area (Å²) in [6, 6.07) is 9.62. The molecule has 0 amide bonds. The van der Waals surface area contributed by atoms with Gasteiger partial charge in [-0.2, -0.15) is 0 Å². The second kappa shape index (κ2) is 4.95. The summed E-state index contributed by atoms with van der Waals surface area (Å²) in [5, 5.41) is 0. The molecule has 2 aromatic rings. The number of anilines is 1. The Balaban J connectivity index is 2.33. The number of rotatable bonds is 3. The summed E-state index contributed by atoms with van der Waals surface area (Å²) >= 11 is 0. The van der Waals surface area contributed by atoms with Crippen molar-refractivity contribution in [1.29, 1.82) is 0 Å². The lowest BCUT2D eigenvalue weighted by molar-refractivity contribution is 0.634. The lowest BCUT2D eigenvalue weighted by atomic mass is 10.1. The highest BCUT2D eigenvalue weighted by molar-refractivity contribution is 5.60. The molecule has 0 aliphatic heterocycles. The molecule has 2 rings (SSSR count). The van der Waals surface area contributed by atoms with Gasteiger partial charge in [0.25, 0.3) is 0 Å². The minimum absolute atomic E-state index is 0.596. The van der Waals surface area contributed by atoms with E-state index in [1.54, 1.807) is 0 Å². The molecule has 3 heteroatoms. The summed E-state index contributed by atoms with van der Waals surface area (Å²) in [4.78, 5) is 8.85. The SMILES string of the molecule is CC(C)Cc1ccnc(-c2cccc(N)c2)n1. The maximum atomic E-state index is 5.76. The maximum absolute atomic E-state index is 5.76. The van der Waals surface area contributed by atoms with Gasteiger partial charge in [-0.25, -0.2) is 9.97 Å². The van der Waals surface area contributed by atoms with Gasteiger partial charge in [0.2, 0.25) is 0 Å². The molecule has 0 bridgehead atoms. The first-order valence-electron chi connectivity index (χ1n) is 5.83. The number of benzene rings is 1. The predicted octanol–water partition coefficient (Wildman–Crippen LogP) is 2.92. The van der Waals surface area contributed by atoms with Gasteiger partial charge in [0.1, 0.15) is 0 Å². The second-order valence-electron chi connectivity index (χ2n) is 4.60. The van der Waals surface area contributed by atoms with Crippen molar-refractivity contribution >= 4 is 5.69 Å². The minimum Gasteiger partial charge on any atom is -0.399 e. The molecule has 17 heavy (non-hydrogen) atoms. The molecule has 0 radical (unpaired) electrons. The van der Waals surface area contributed by atoms with Gasteiger partial charge in [0.05, 0.1) is 0 Å². The van der Waals surface area contributed by atoms with E-state index in [0.717, 1.165) is 29.2 Å². The third-order valence-corrected chi connectivity index (χ3v) is 2.48. The maximum Gasteiger partial charge on any atom is 0.159 e. The molecular weight excluding hydrogens is 210 g/mol. The second-order valence-corrected chi connectivity index (χ2v) is 4.60. The van der Waals surface area contributed by atoms with Gasteiger partial charge in [-0.05, 0) is 30.5 Å². The van der Waals surface area contributed by atoms with Crippen molar-refractivity contribution in [3.05, 3.63) is 42.2 Å². The van der Waals surface area contributed by atoms with Crippen LogP contribution in [0.5, 0.6) is 0 Å². The van der Waals surface area contributed by atoms with Crippen molar-refractivity contribution < 1.29 is 0 Å². The van der Waals surface area contributed by atoms with Crippen LogP contribution in [0.25, 0.3) is 11.4 Å². The first-order chi connectivity index (χ1) is 8.15. The van der Waals surface area contributed by atoms with Gasteiger partial charge in [-0.3, -0.25) is 0 Å². The molecule has 0 saturated carbocycles. The predicted molar refractivity (Wildman–Crippen MR) is 70.4 cm³/mol. The number of hydrogen-bond acceptors (Lipinski definition) is 3. The van der Waals surface area contributed by atoms with Gasteiger partial charge in [-0.1, -0.05) is 26.0 Å². The molecule has 0 aliphatic carbocycles. The lowest BCUT2D eigenvalue weighted by Gasteiger charge is -2.06. The van der Waals surface area contributed by atoms with Crippen molar-refractivity contribution in [2.45, 2.75) is 20.3 Å². The van der Waals surface area contributed by atoms with Crippen LogP contribution in [-0.4, -0.2) is 9.97 Å². The molecule has 2 N–H and O–H groups in total. The molecule has 1 heterocycles. The van der Waals surface area contributed by atoms with Crippen molar-refractivity contribution in [3.63, 3.8) is 0 Å². The lowest BCUT2D eigenvalue weighted by Crippen LogP contribution is -2.00. The van der Waals surface area contributed by atoms with Crippen LogP contribution >= 0.6 is 0 Å². The Morgan fingerprint density at radius 2 is 2.06 bits per heavy atom. The highest BCUT2D eigenvalue weighted by atomic mass is 14.9. The van der Waals surface area contributed by atoms with E-state index in [9.17, 15) is 0 Å². The third kappa shape index (κ3) is 3.03. The number of hydrogen-bond donors (Lipinski definition) is 1. The molecule has 0 unspecified atom stereocenters. The molecular formula is C14H17N3. The average molecular weight is 227 g/mol. The summed E-state index contributed by atoms with van der Waals surface area (Å²) in [5.74, 6) is 1.34. The van der Waals surface area contributed by atoms with Crippen LogP contribution in [0.3, 0.4) is 0 Å². The number of aromatic nitrogens is 2. The topological polar surface area (TPSA) is 51.8 Å². The first kappa shape index (κ1) is 11.6. The first-order valence-corrected chi connectivity index (χ1v) is 5.83. The zero-order valence-corrected chi connectivity index (χ0v) is 10.2. The van der Waals surface area contributed by atoms with E-state index in [2.05, 4.69) is 23.8 Å². The quantitative estimate of drug-likeness (QED) is 0.820. The van der Waals surface area contributed by atoms with E-state index in [-0.39, 0.29) is 0 Å². The van der Waals surface area contributed by atoms with E-state index in [1.165, 1.54) is 0 Å². The molecule has 1 aromatic heterocycles. The number of nitrogen functional groups attached to an aromatic ring is 1. The third-order valence-electron chi connectivity index (χ3n) is 2.48. The van der Waals surface area contributed by atoms with Crippen LogP contribution < -0.4 is 5.73 Å². The highest BCUT2D eigenvalue weighted by Gasteiger charge is 2.04. The van der Waals surface area contributed by atoms with Crippen LogP contribution in [0, 0.1) is 5.92 Å².